The van der Waals surface area contributed by atoms with E-state index in [1.54, 1.807) is 26.8 Å². The summed E-state index contributed by atoms with van der Waals surface area (Å²) in [5, 5.41) is 15.1. The average Bonchev–Trinajstić information content (AvgIpc) is 3.56. The van der Waals surface area contributed by atoms with Gasteiger partial charge in [0.05, 0.1) is 7.11 Å². The van der Waals surface area contributed by atoms with E-state index in [0.29, 0.717) is 25.3 Å². The molecule has 43 heavy (non-hydrogen) atoms. The van der Waals surface area contributed by atoms with Crippen LogP contribution in [0.25, 0.3) is 11.1 Å². The molecule has 0 spiro atoms. The maximum Gasteiger partial charge on any atom is 0.408 e. The Kier molecular flexibility index (Phi) is 13.2. The van der Waals surface area contributed by atoms with Crippen LogP contribution in [0, 0.1) is 5.92 Å². The van der Waals surface area contributed by atoms with E-state index in [0.717, 1.165) is 40.3 Å². The normalized spacial score (nSPS) is 15.7. The highest BCUT2D eigenvalue weighted by Crippen LogP contribution is 2.38. The summed E-state index contributed by atoms with van der Waals surface area (Å²) < 4.78 is 15.2. The first kappa shape index (κ1) is 34.9. The first-order valence-electron chi connectivity index (χ1n) is 14.4. The molecule has 2 amide bonds. The van der Waals surface area contributed by atoms with Crippen molar-refractivity contribution in [1.29, 1.82) is 0 Å². The zero-order chi connectivity index (χ0) is 32.2. The molecule has 1 aliphatic carbocycles. The SMILES string of the molecule is C=CCOc1ccc2c(c1)/C(=N\O)c1ccccc1-2.CC(C)C.COC(=O)C1CCCN1C(=O)CNC(=O)OC(C)(C)C. The van der Waals surface area contributed by atoms with Crippen molar-refractivity contribution in [3.8, 4) is 16.9 Å². The van der Waals surface area contributed by atoms with Crippen LogP contribution in [0.2, 0.25) is 0 Å². The van der Waals surface area contributed by atoms with Crippen molar-refractivity contribution in [2.75, 3.05) is 26.8 Å². The molecule has 0 saturated carbocycles. The fourth-order valence-electron chi connectivity index (χ4n) is 4.39. The third kappa shape index (κ3) is 10.5. The molecule has 1 fully saturated rings. The van der Waals surface area contributed by atoms with Crippen molar-refractivity contribution in [3.05, 3.63) is 66.2 Å². The number of fused-ring (bicyclic) bond motifs is 3. The van der Waals surface area contributed by atoms with E-state index < -0.39 is 23.7 Å². The molecule has 2 aromatic rings. The van der Waals surface area contributed by atoms with Crippen LogP contribution in [-0.4, -0.2) is 72.2 Å². The monoisotopic (exact) mass is 595 g/mol. The number of methoxy groups -OCH3 is 1. The maximum absolute atomic E-state index is 12.0. The van der Waals surface area contributed by atoms with Gasteiger partial charge in [0.2, 0.25) is 5.91 Å². The molecule has 1 heterocycles. The fraction of sp³-hybridized carbons (Fsp3) is 0.455. The summed E-state index contributed by atoms with van der Waals surface area (Å²) in [5.74, 6) is 0.837. The van der Waals surface area contributed by atoms with Crippen molar-refractivity contribution in [1.82, 2.24) is 10.2 Å². The quantitative estimate of drug-likeness (QED) is 0.160. The predicted octanol–water partition coefficient (Wildman–Crippen LogP) is 5.80. The van der Waals surface area contributed by atoms with Crippen molar-refractivity contribution < 1.29 is 33.8 Å². The molecule has 1 atom stereocenters. The number of likely N-dealkylation sites (tertiary alicyclic amines) is 1. The van der Waals surface area contributed by atoms with Gasteiger partial charge in [0.15, 0.2) is 0 Å². The Morgan fingerprint density at radius 1 is 1.09 bits per heavy atom. The minimum absolute atomic E-state index is 0.192. The van der Waals surface area contributed by atoms with E-state index in [1.165, 1.54) is 12.0 Å². The number of alkyl carbamates (subject to hydrolysis) is 1. The number of ether oxygens (including phenoxy) is 3. The summed E-state index contributed by atoms with van der Waals surface area (Å²) in [6.07, 6.45) is 2.38. The average molecular weight is 596 g/mol. The van der Waals surface area contributed by atoms with E-state index >= 15 is 0 Å². The lowest BCUT2D eigenvalue weighted by Crippen LogP contribution is -2.46. The lowest BCUT2D eigenvalue weighted by Gasteiger charge is -2.23. The molecule has 1 saturated heterocycles. The molecule has 0 bridgehead atoms. The Hall–Kier alpha value is -4.34. The highest BCUT2D eigenvalue weighted by molar-refractivity contribution is 6.24. The van der Waals surface area contributed by atoms with Gasteiger partial charge in [0.25, 0.3) is 0 Å². The number of hydrogen-bond acceptors (Lipinski definition) is 8. The van der Waals surface area contributed by atoms with Crippen LogP contribution in [0.4, 0.5) is 4.79 Å². The van der Waals surface area contributed by atoms with Gasteiger partial charge < -0.3 is 29.6 Å². The maximum atomic E-state index is 12.0. The van der Waals surface area contributed by atoms with Gasteiger partial charge in [-0.1, -0.05) is 62.8 Å². The summed E-state index contributed by atoms with van der Waals surface area (Å²) in [4.78, 5) is 36.4. The second kappa shape index (κ2) is 16.3. The van der Waals surface area contributed by atoms with E-state index in [9.17, 15) is 19.6 Å². The molecule has 2 aliphatic rings. The van der Waals surface area contributed by atoms with Gasteiger partial charge in [-0.05, 0) is 68.9 Å². The summed E-state index contributed by atoms with van der Waals surface area (Å²) in [7, 11) is 1.29. The number of benzene rings is 2. The molecule has 2 aromatic carbocycles. The number of nitrogens with one attached hydrogen (secondary N) is 1. The first-order valence-corrected chi connectivity index (χ1v) is 14.4. The van der Waals surface area contributed by atoms with Crippen molar-refractivity contribution in [2.45, 2.75) is 66.0 Å². The van der Waals surface area contributed by atoms with Crippen LogP contribution >= 0.6 is 0 Å². The molecule has 1 unspecified atom stereocenters. The molecule has 4 rings (SSSR count). The van der Waals surface area contributed by atoms with E-state index in [1.807, 2.05) is 42.5 Å². The Morgan fingerprint density at radius 2 is 1.72 bits per heavy atom. The van der Waals surface area contributed by atoms with Crippen LogP contribution < -0.4 is 10.1 Å². The second-order valence-electron chi connectivity index (χ2n) is 11.7. The molecule has 0 radical (unpaired) electrons. The molecule has 10 nitrogen and oxygen atoms in total. The number of nitrogens with zero attached hydrogens (tertiary/aromatic N) is 2. The summed E-state index contributed by atoms with van der Waals surface area (Å²) in [6.45, 7) is 16.1. The van der Waals surface area contributed by atoms with Gasteiger partial charge in [0, 0.05) is 17.7 Å². The number of esters is 1. The molecular weight excluding hydrogens is 550 g/mol. The third-order valence-electron chi connectivity index (χ3n) is 6.02. The Labute approximate surface area is 254 Å². The van der Waals surface area contributed by atoms with Gasteiger partial charge >= 0.3 is 12.1 Å². The minimum atomic E-state index is -0.653. The predicted molar refractivity (Wildman–Crippen MR) is 166 cm³/mol. The van der Waals surface area contributed by atoms with Gasteiger partial charge in [-0.15, -0.1) is 0 Å². The van der Waals surface area contributed by atoms with Crippen molar-refractivity contribution in [3.63, 3.8) is 0 Å². The van der Waals surface area contributed by atoms with Gasteiger partial charge in [-0.25, -0.2) is 9.59 Å². The van der Waals surface area contributed by atoms with Gasteiger partial charge in [0.1, 0.15) is 36.3 Å². The molecule has 1 aliphatic heterocycles. The standard InChI is InChI=1S/C16H13NO2.C13H22N2O5.C4H10/c1-2-9-19-11-7-8-13-12-5-3-4-6-14(12)16(17-18)15(13)10-11;1-13(2,3)20-12(18)14-8-10(16)15-7-5-6-9(15)11(17)19-4;1-4(2)3/h2-8,10,18H,1,9H2;9H,5-8H2,1-4H3,(H,14,18);4H,1-3H3/b17-16-;;. The smallest absolute Gasteiger partial charge is 0.408 e. The largest absolute Gasteiger partial charge is 0.490 e. The van der Waals surface area contributed by atoms with E-state index in [4.69, 9.17) is 9.47 Å². The van der Waals surface area contributed by atoms with Gasteiger partial charge in [-0.2, -0.15) is 0 Å². The van der Waals surface area contributed by atoms with Crippen molar-refractivity contribution in [2.24, 2.45) is 11.1 Å². The summed E-state index contributed by atoms with van der Waals surface area (Å²) in [5.41, 5.74) is 3.96. The Morgan fingerprint density at radius 3 is 2.30 bits per heavy atom. The van der Waals surface area contributed by atoms with Crippen LogP contribution in [0.1, 0.15) is 65.5 Å². The van der Waals surface area contributed by atoms with Crippen LogP contribution in [-0.2, 0) is 19.1 Å². The van der Waals surface area contributed by atoms with Crippen LogP contribution in [0.5, 0.6) is 5.75 Å². The number of rotatable bonds is 6. The highest BCUT2D eigenvalue weighted by atomic mass is 16.6. The minimum Gasteiger partial charge on any atom is -0.490 e. The van der Waals surface area contributed by atoms with Crippen LogP contribution in [0.3, 0.4) is 0 Å². The van der Waals surface area contributed by atoms with E-state index in [-0.39, 0.29) is 12.5 Å². The third-order valence-corrected chi connectivity index (χ3v) is 6.02. The number of hydrogen-bond donors (Lipinski definition) is 2. The summed E-state index contributed by atoms with van der Waals surface area (Å²) in [6, 6.07) is 13.1. The van der Waals surface area contributed by atoms with Crippen LogP contribution in [0.15, 0.2) is 60.3 Å². The molecule has 0 aromatic heterocycles. The zero-order valence-corrected chi connectivity index (χ0v) is 26.3. The lowest BCUT2D eigenvalue weighted by atomic mass is 10.1. The Bertz CT molecular complexity index is 1290. The fourth-order valence-corrected chi connectivity index (χ4v) is 4.39. The number of carbonyl (C=O) groups excluding carboxylic acids is 3. The Balaban J connectivity index is 0.000000267. The first-order chi connectivity index (χ1) is 20.3. The van der Waals surface area contributed by atoms with Crippen molar-refractivity contribution >= 4 is 23.7 Å². The molecule has 234 valence electrons. The number of oxime groups is 1. The summed E-state index contributed by atoms with van der Waals surface area (Å²) >= 11 is 0. The van der Waals surface area contributed by atoms with Gasteiger partial charge in [-0.3, -0.25) is 4.79 Å². The second-order valence-corrected chi connectivity index (χ2v) is 11.7. The molecular formula is C33H45N3O7. The lowest BCUT2D eigenvalue weighted by molar-refractivity contribution is -0.150. The zero-order valence-electron chi connectivity index (χ0n) is 26.3. The number of amides is 2. The molecule has 2 N–H and O–H groups in total. The number of carbonyl (C=O) groups is 3. The molecule has 10 heteroatoms. The highest BCUT2D eigenvalue weighted by Gasteiger charge is 2.34. The topological polar surface area (TPSA) is 127 Å². The van der Waals surface area contributed by atoms with E-state index in [2.05, 4.69) is 42.6 Å².